The van der Waals surface area contributed by atoms with Gasteiger partial charge in [-0.2, -0.15) is 0 Å². The first-order chi connectivity index (χ1) is 12.3. The molecule has 0 radical (unpaired) electrons. The van der Waals surface area contributed by atoms with Gasteiger partial charge in [-0.15, -0.1) is 0 Å². The minimum absolute atomic E-state index is 0. The summed E-state index contributed by atoms with van der Waals surface area (Å²) in [5.74, 6) is 2.46. The minimum atomic E-state index is 0. The smallest absolute Gasteiger partial charge is 0.157 e. The first kappa shape index (κ1) is 20.6. The highest BCUT2D eigenvalue weighted by atomic mass is 35.5. The number of halogens is 1. The molecule has 0 N–H and O–H groups in total. The van der Waals surface area contributed by atoms with Crippen LogP contribution in [-0.4, -0.2) is 0 Å². The standard InChI is InChI=1S/C24H36S.ClH/c25-24-22(19-12-6-2-7-13-19)16-21(18-10-4-1-5-11-18)17-23(24)20-14-8-3-9-15-20;/h16-20,25H,1-15H2;1H. The molecule has 1 aromatic rings. The van der Waals surface area contributed by atoms with E-state index in [9.17, 15) is 0 Å². The lowest BCUT2D eigenvalue weighted by Crippen LogP contribution is -3.00. The van der Waals surface area contributed by atoms with Crippen molar-refractivity contribution in [1.29, 1.82) is 0 Å². The van der Waals surface area contributed by atoms with E-state index >= 15 is 0 Å². The zero-order chi connectivity index (χ0) is 17.1. The maximum absolute atomic E-state index is 4.17. The Labute approximate surface area is 172 Å². The predicted molar refractivity (Wildman–Crippen MR) is 112 cm³/mol. The molecule has 3 saturated carbocycles. The molecular formula is C24H37ClS. The summed E-state index contributed by atoms with van der Waals surface area (Å²) in [6.07, 6.45) is 21.5. The fraction of sp³-hybridized carbons (Fsp3) is 0.750. The second-order valence-corrected chi connectivity index (χ2v) is 9.58. The Hall–Kier alpha value is -0.140. The molecule has 0 bridgehead atoms. The molecule has 4 rings (SSSR count). The van der Waals surface area contributed by atoms with E-state index in [1.54, 1.807) is 16.7 Å². The van der Waals surface area contributed by atoms with Crippen molar-refractivity contribution in [3.05, 3.63) is 28.8 Å². The molecule has 26 heavy (non-hydrogen) atoms. The maximum atomic E-state index is 4.17. The van der Waals surface area contributed by atoms with Crippen LogP contribution in [0, 0.1) is 0 Å². The van der Waals surface area contributed by atoms with Crippen molar-refractivity contribution in [2.45, 2.75) is 119 Å². The van der Waals surface area contributed by atoms with E-state index in [0.29, 0.717) is 0 Å². The lowest BCUT2D eigenvalue weighted by atomic mass is 9.76. The molecule has 0 heterocycles. The van der Waals surface area contributed by atoms with Crippen LogP contribution < -0.4 is 12.4 Å². The van der Waals surface area contributed by atoms with Gasteiger partial charge < -0.3 is 12.4 Å². The lowest BCUT2D eigenvalue weighted by Gasteiger charge is -2.29. The van der Waals surface area contributed by atoms with Crippen molar-refractivity contribution in [3.8, 4) is 0 Å². The molecule has 146 valence electrons. The van der Waals surface area contributed by atoms with Gasteiger partial charge in [0, 0.05) is 11.1 Å². The second kappa shape index (κ2) is 9.87. The van der Waals surface area contributed by atoms with Crippen LogP contribution in [-0.2, 0) is 12.6 Å². The van der Waals surface area contributed by atoms with E-state index in [1.165, 1.54) is 101 Å². The van der Waals surface area contributed by atoms with Gasteiger partial charge in [-0.05, 0) is 74.5 Å². The van der Waals surface area contributed by atoms with Crippen LogP contribution in [0.2, 0.25) is 0 Å². The third-order valence-corrected chi connectivity index (χ3v) is 7.97. The molecule has 0 saturated heterocycles. The van der Waals surface area contributed by atoms with Crippen LogP contribution in [0.5, 0.6) is 0 Å². The number of hydrogen-bond acceptors (Lipinski definition) is 0. The third-order valence-electron chi connectivity index (χ3n) is 7.39. The Morgan fingerprint density at radius 2 is 0.885 bits per heavy atom. The Balaban J connectivity index is 0.00000196. The van der Waals surface area contributed by atoms with Crippen molar-refractivity contribution in [2.24, 2.45) is 0 Å². The molecule has 3 fully saturated rings. The van der Waals surface area contributed by atoms with Crippen LogP contribution in [0.4, 0.5) is 0 Å². The van der Waals surface area contributed by atoms with Crippen molar-refractivity contribution in [2.75, 3.05) is 0 Å². The summed E-state index contributed by atoms with van der Waals surface area (Å²) in [6.45, 7) is 0. The molecule has 0 aromatic heterocycles. The molecule has 0 aliphatic heterocycles. The molecule has 0 nitrogen and oxygen atoms in total. The zero-order valence-electron chi connectivity index (χ0n) is 16.4. The SMILES string of the molecule is [Cl-].[SH2+]c1c(C2CCCCC2)cc(C2CCCCC2)cc1C1CCCCC1. The first-order valence-electron chi connectivity index (χ1n) is 11.2. The molecule has 3 aliphatic rings. The second-order valence-electron chi connectivity index (χ2n) is 9.08. The van der Waals surface area contributed by atoms with Gasteiger partial charge >= 0.3 is 0 Å². The molecule has 0 atom stereocenters. The quantitative estimate of drug-likeness (QED) is 0.676. The van der Waals surface area contributed by atoms with E-state index in [2.05, 4.69) is 24.8 Å². The monoisotopic (exact) mass is 392 g/mol. The molecule has 0 amide bonds. The van der Waals surface area contributed by atoms with E-state index < -0.39 is 0 Å². The van der Waals surface area contributed by atoms with E-state index in [1.807, 2.05) is 0 Å². The Morgan fingerprint density at radius 1 is 0.538 bits per heavy atom. The van der Waals surface area contributed by atoms with Crippen LogP contribution in [0.25, 0.3) is 0 Å². The van der Waals surface area contributed by atoms with Gasteiger partial charge in [0.05, 0.1) is 0 Å². The minimum Gasteiger partial charge on any atom is -1.00 e. The molecule has 1 aromatic carbocycles. The Kier molecular flexibility index (Phi) is 7.82. The average Bonchev–Trinajstić information content (AvgIpc) is 2.70. The summed E-state index contributed by atoms with van der Waals surface area (Å²) < 4.78 is 0. The largest absolute Gasteiger partial charge is 1.00 e. The average molecular weight is 393 g/mol. The maximum Gasteiger partial charge on any atom is 0.157 e. The third kappa shape index (κ3) is 4.64. The summed E-state index contributed by atoms with van der Waals surface area (Å²) in [4.78, 5) is 1.50. The highest BCUT2D eigenvalue weighted by Crippen LogP contribution is 2.43. The molecule has 0 unspecified atom stereocenters. The fourth-order valence-electron chi connectivity index (χ4n) is 5.85. The van der Waals surface area contributed by atoms with Gasteiger partial charge in [0.25, 0.3) is 0 Å². The zero-order valence-corrected chi connectivity index (χ0v) is 18.1. The van der Waals surface area contributed by atoms with Crippen molar-refractivity contribution in [3.63, 3.8) is 0 Å². The summed E-state index contributed by atoms with van der Waals surface area (Å²) in [5, 5.41) is 0. The Bertz CT molecular complexity index is 525. The lowest BCUT2D eigenvalue weighted by molar-refractivity contribution is -0.00000511. The number of benzene rings is 1. The molecule has 2 heteroatoms. The van der Waals surface area contributed by atoms with Gasteiger partial charge in [0.15, 0.2) is 4.90 Å². The van der Waals surface area contributed by atoms with Gasteiger partial charge in [0.1, 0.15) is 0 Å². The molecule has 3 aliphatic carbocycles. The number of hydrogen-bond donors (Lipinski definition) is 0. The predicted octanol–water partition coefficient (Wildman–Crippen LogP) is 4.20. The van der Waals surface area contributed by atoms with Crippen molar-refractivity contribution < 1.29 is 12.4 Å². The van der Waals surface area contributed by atoms with Crippen molar-refractivity contribution in [1.82, 2.24) is 0 Å². The molecular weight excluding hydrogens is 356 g/mol. The molecule has 0 spiro atoms. The van der Waals surface area contributed by atoms with Gasteiger partial charge in [0.2, 0.25) is 0 Å². The Morgan fingerprint density at radius 3 is 1.27 bits per heavy atom. The van der Waals surface area contributed by atoms with E-state index in [-0.39, 0.29) is 12.4 Å². The summed E-state index contributed by atoms with van der Waals surface area (Å²) >= 11 is 4.17. The highest BCUT2D eigenvalue weighted by molar-refractivity contribution is 7.59. The van der Waals surface area contributed by atoms with Crippen molar-refractivity contribution >= 4 is 12.6 Å². The van der Waals surface area contributed by atoms with Gasteiger partial charge in [-0.1, -0.05) is 69.9 Å². The summed E-state index contributed by atoms with van der Waals surface area (Å²) in [5.41, 5.74) is 5.06. The van der Waals surface area contributed by atoms with E-state index in [4.69, 9.17) is 0 Å². The summed E-state index contributed by atoms with van der Waals surface area (Å²) in [6, 6.07) is 5.28. The van der Waals surface area contributed by atoms with Crippen LogP contribution >= 0.6 is 0 Å². The van der Waals surface area contributed by atoms with Crippen LogP contribution in [0.1, 0.15) is 131 Å². The van der Waals surface area contributed by atoms with Gasteiger partial charge in [-0.3, -0.25) is 0 Å². The number of rotatable bonds is 3. The highest BCUT2D eigenvalue weighted by Gasteiger charge is 2.28. The van der Waals surface area contributed by atoms with Crippen LogP contribution in [0.15, 0.2) is 17.0 Å². The first-order valence-corrected chi connectivity index (χ1v) is 11.7. The van der Waals surface area contributed by atoms with Gasteiger partial charge in [-0.25, -0.2) is 0 Å². The van der Waals surface area contributed by atoms with E-state index in [0.717, 1.165) is 17.8 Å². The fourth-order valence-corrected chi connectivity index (χ4v) is 6.41. The normalized spacial score (nSPS) is 23.6. The van der Waals surface area contributed by atoms with Crippen LogP contribution in [0.3, 0.4) is 0 Å². The topological polar surface area (TPSA) is 0 Å². The summed E-state index contributed by atoms with van der Waals surface area (Å²) in [7, 11) is 0.